The van der Waals surface area contributed by atoms with Crippen molar-refractivity contribution in [2.24, 2.45) is 4.40 Å². The lowest BCUT2D eigenvalue weighted by Gasteiger charge is -2.09. The number of benzene rings is 1. The second-order valence-corrected chi connectivity index (χ2v) is 5.74. The Balaban J connectivity index is 2.57. The topological polar surface area (TPSA) is 44.7 Å². The van der Waals surface area contributed by atoms with Crippen LogP contribution in [0.1, 0.15) is 19.4 Å². The van der Waals surface area contributed by atoms with Gasteiger partial charge >= 0.3 is 6.18 Å². The van der Waals surface area contributed by atoms with E-state index in [-0.39, 0.29) is 11.0 Å². The molecule has 106 valence electrons. The fraction of sp³-hybridized carbons (Fsp3) is 0.417. The average Bonchev–Trinajstić information content (AvgIpc) is 2.33. The summed E-state index contributed by atoms with van der Waals surface area (Å²) in [6.07, 6.45) is -2.93. The minimum absolute atomic E-state index is 0.0781. The maximum absolute atomic E-state index is 11.9. The lowest BCUT2D eigenvalue weighted by atomic mass is 10.2. The van der Waals surface area contributed by atoms with Crippen LogP contribution in [0.25, 0.3) is 0 Å². The Hall–Kier alpha value is -1.21. The Morgan fingerprint density at radius 2 is 1.89 bits per heavy atom. The number of hydrogen-bond donors (Lipinski definition) is 0. The summed E-state index contributed by atoms with van der Waals surface area (Å²) in [5.74, 6) is 0.124. The third kappa shape index (κ3) is 6.49. The van der Waals surface area contributed by atoms with E-state index in [1.54, 1.807) is 26.0 Å². The van der Waals surface area contributed by atoms with E-state index in [2.05, 4.69) is 9.13 Å². The van der Waals surface area contributed by atoms with Crippen molar-refractivity contribution >= 4 is 17.6 Å². The molecule has 0 aliphatic rings. The summed E-state index contributed by atoms with van der Waals surface area (Å²) in [5.41, 5.74) is 0.647. The van der Waals surface area contributed by atoms with Crippen LogP contribution in [0.5, 0.6) is 5.75 Å². The Bertz CT molecular complexity index is 418. The zero-order valence-electron chi connectivity index (χ0n) is 10.5. The minimum Gasteiger partial charge on any atom is -0.591 e. The van der Waals surface area contributed by atoms with E-state index in [4.69, 9.17) is 0 Å². The number of alkyl halides is 3. The number of hydrogen-bond acceptors (Lipinski definition) is 3. The van der Waals surface area contributed by atoms with E-state index in [1.165, 1.54) is 18.3 Å². The molecule has 3 nitrogen and oxygen atoms in total. The van der Waals surface area contributed by atoms with E-state index in [0.29, 0.717) is 5.56 Å². The lowest BCUT2D eigenvalue weighted by Crippen LogP contribution is -2.19. The van der Waals surface area contributed by atoms with Crippen LogP contribution in [0, 0.1) is 0 Å². The second kappa shape index (κ2) is 6.81. The van der Waals surface area contributed by atoms with Crippen LogP contribution in [0.3, 0.4) is 0 Å². The van der Waals surface area contributed by atoms with Gasteiger partial charge in [0.2, 0.25) is 0 Å². The van der Waals surface area contributed by atoms with Gasteiger partial charge in [-0.05, 0) is 43.7 Å². The summed E-state index contributed by atoms with van der Waals surface area (Å²) in [5, 5.41) is -0.0781. The quantitative estimate of drug-likeness (QED) is 0.618. The second-order valence-electron chi connectivity index (χ2n) is 4.03. The summed E-state index contributed by atoms with van der Waals surface area (Å²) in [6.45, 7) is 2.24. The monoisotopic (exact) mass is 293 g/mol. The lowest BCUT2D eigenvalue weighted by molar-refractivity contribution is -0.153. The van der Waals surface area contributed by atoms with Crippen LogP contribution in [0.4, 0.5) is 13.2 Å². The highest BCUT2D eigenvalue weighted by molar-refractivity contribution is 7.90. The molecule has 0 bridgehead atoms. The van der Waals surface area contributed by atoms with Crippen molar-refractivity contribution in [1.29, 1.82) is 0 Å². The van der Waals surface area contributed by atoms with E-state index >= 15 is 0 Å². The van der Waals surface area contributed by atoms with Gasteiger partial charge < -0.3 is 9.29 Å². The highest BCUT2D eigenvalue weighted by Gasteiger charge is 2.28. The summed E-state index contributed by atoms with van der Waals surface area (Å²) < 4.78 is 55.5. The number of ether oxygens (including phenoxy) is 1. The minimum atomic E-state index is -4.35. The van der Waals surface area contributed by atoms with Gasteiger partial charge in [0.25, 0.3) is 0 Å². The molecule has 1 atom stereocenters. The molecule has 0 amide bonds. The Morgan fingerprint density at radius 3 is 2.37 bits per heavy atom. The molecule has 1 unspecified atom stereocenters. The van der Waals surface area contributed by atoms with Crippen LogP contribution in [-0.2, 0) is 11.4 Å². The predicted octanol–water partition coefficient (Wildman–Crippen LogP) is 3.12. The Labute approximate surface area is 112 Å². The van der Waals surface area contributed by atoms with Crippen LogP contribution < -0.4 is 4.74 Å². The first kappa shape index (κ1) is 15.8. The van der Waals surface area contributed by atoms with Crippen LogP contribution in [0.2, 0.25) is 0 Å². The molecular formula is C12H14F3NO2S. The fourth-order valence-electron chi connectivity index (χ4n) is 1.05. The zero-order valence-corrected chi connectivity index (χ0v) is 11.3. The number of nitrogens with zero attached hydrogens (tertiary/aromatic N) is 1. The van der Waals surface area contributed by atoms with Crippen LogP contribution in [0.15, 0.2) is 28.7 Å². The summed E-state index contributed by atoms with van der Waals surface area (Å²) in [7, 11) is 0. The van der Waals surface area contributed by atoms with Crippen molar-refractivity contribution in [2.75, 3.05) is 6.61 Å². The predicted molar refractivity (Wildman–Crippen MR) is 68.9 cm³/mol. The van der Waals surface area contributed by atoms with Crippen molar-refractivity contribution in [1.82, 2.24) is 0 Å². The highest BCUT2D eigenvalue weighted by atomic mass is 32.2. The molecular weight excluding hydrogens is 279 g/mol. The first-order chi connectivity index (χ1) is 8.78. The van der Waals surface area contributed by atoms with Gasteiger partial charge in [0.1, 0.15) is 11.0 Å². The van der Waals surface area contributed by atoms with Gasteiger partial charge in [-0.15, -0.1) is 0 Å². The van der Waals surface area contributed by atoms with Crippen molar-refractivity contribution in [3.05, 3.63) is 29.8 Å². The largest absolute Gasteiger partial charge is 0.591 e. The molecule has 7 heteroatoms. The van der Waals surface area contributed by atoms with Crippen LogP contribution >= 0.6 is 0 Å². The third-order valence-electron chi connectivity index (χ3n) is 1.99. The maximum Gasteiger partial charge on any atom is 0.422 e. The van der Waals surface area contributed by atoms with E-state index in [9.17, 15) is 17.7 Å². The normalized spacial score (nSPS) is 14.1. The van der Waals surface area contributed by atoms with Crippen molar-refractivity contribution in [2.45, 2.75) is 25.3 Å². The SMILES string of the molecule is CC(C)[S+]([O-])N=Cc1ccc(OCC(F)(F)F)cc1. The van der Waals surface area contributed by atoms with E-state index in [0.717, 1.165) is 0 Å². The molecule has 1 aromatic rings. The van der Waals surface area contributed by atoms with Gasteiger partial charge in [-0.1, -0.05) is 4.40 Å². The molecule has 0 fully saturated rings. The molecule has 1 aromatic carbocycles. The molecule has 0 spiro atoms. The van der Waals surface area contributed by atoms with Gasteiger partial charge in [0, 0.05) is 0 Å². The molecule has 0 aliphatic heterocycles. The van der Waals surface area contributed by atoms with Gasteiger partial charge in [0.15, 0.2) is 6.61 Å². The summed E-state index contributed by atoms with van der Waals surface area (Å²) in [6, 6.07) is 5.91. The van der Waals surface area contributed by atoms with Crippen molar-refractivity contribution < 1.29 is 22.5 Å². The molecule has 0 N–H and O–H groups in total. The van der Waals surface area contributed by atoms with E-state index < -0.39 is 24.1 Å². The molecule has 0 aliphatic carbocycles. The molecule has 0 saturated carbocycles. The van der Waals surface area contributed by atoms with Crippen molar-refractivity contribution in [3.63, 3.8) is 0 Å². The summed E-state index contributed by atoms with van der Waals surface area (Å²) >= 11 is -1.30. The van der Waals surface area contributed by atoms with E-state index in [1.807, 2.05) is 0 Å². The van der Waals surface area contributed by atoms with Gasteiger partial charge in [-0.2, -0.15) is 13.2 Å². The Kier molecular flexibility index (Phi) is 5.68. The van der Waals surface area contributed by atoms with Crippen molar-refractivity contribution in [3.8, 4) is 5.75 Å². The van der Waals surface area contributed by atoms with Gasteiger partial charge in [-0.3, -0.25) is 0 Å². The van der Waals surface area contributed by atoms with Gasteiger partial charge in [-0.25, -0.2) is 0 Å². The first-order valence-corrected chi connectivity index (χ1v) is 6.69. The zero-order chi connectivity index (χ0) is 14.5. The molecule has 0 radical (unpaired) electrons. The highest BCUT2D eigenvalue weighted by Crippen LogP contribution is 2.18. The maximum atomic E-state index is 11.9. The molecule has 0 aromatic heterocycles. The first-order valence-electron chi connectivity index (χ1n) is 5.52. The third-order valence-corrected chi connectivity index (χ3v) is 3.11. The van der Waals surface area contributed by atoms with Gasteiger partial charge in [0.05, 0.1) is 17.6 Å². The molecule has 19 heavy (non-hydrogen) atoms. The standard InChI is InChI=1S/C12H14F3NO2S/c1-9(2)19(17)16-7-10-3-5-11(6-4-10)18-8-12(13,14)15/h3-7,9H,8H2,1-2H3. The molecule has 0 saturated heterocycles. The van der Waals surface area contributed by atoms with Crippen LogP contribution in [-0.4, -0.2) is 28.8 Å². The average molecular weight is 293 g/mol. The number of halogens is 3. The molecule has 1 rings (SSSR count). The molecule has 0 heterocycles. The summed E-state index contributed by atoms with van der Waals surface area (Å²) in [4.78, 5) is 0. The number of rotatable bonds is 5. The fourth-order valence-corrected chi connectivity index (χ4v) is 1.52. The smallest absolute Gasteiger partial charge is 0.422 e. The Morgan fingerprint density at radius 1 is 1.32 bits per heavy atom.